The van der Waals surface area contributed by atoms with Crippen LogP contribution in [0.3, 0.4) is 0 Å². The van der Waals surface area contributed by atoms with Crippen LogP contribution in [0.1, 0.15) is 19.5 Å². The second kappa shape index (κ2) is 5.63. The van der Waals surface area contributed by atoms with E-state index in [0.717, 1.165) is 28.2 Å². The zero-order chi connectivity index (χ0) is 15.7. The summed E-state index contributed by atoms with van der Waals surface area (Å²) in [7, 11) is 1.97. The summed E-state index contributed by atoms with van der Waals surface area (Å²) in [6.45, 7) is 5.90. The Balaban J connectivity index is 2.03. The number of rotatable bonds is 4. The van der Waals surface area contributed by atoms with Crippen LogP contribution in [0.5, 0.6) is 5.88 Å². The minimum absolute atomic E-state index is 0.0512. The Morgan fingerprint density at radius 2 is 2.00 bits per heavy atom. The highest BCUT2D eigenvalue weighted by atomic mass is 16.5. The molecule has 0 aliphatic heterocycles. The van der Waals surface area contributed by atoms with Gasteiger partial charge in [-0.15, -0.1) is 0 Å². The van der Waals surface area contributed by atoms with Crippen molar-refractivity contribution in [2.45, 2.75) is 26.9 Å². The summed E-state index contributed by atoms with van der Waals surface area (Å²) in [4.78, 5) is 13.1. The first-order chi connectivity index (χ1) is 10.5. The smallest absolute Gasteiger partial charge is 0.238 e. The van der Waals surface area contributed by atoms with Crippen molar-refractivity contribution in [1.82, 2.24) is 19.5 Å². The molecule has 1 N–H and O–H groups in total. The van der Waals surface area contributed by atoms with Crippen LogP contribution >= 0.6 is 0 Å². The van der Waals surface area contributed by atoms with E-state index in [4.69, 9.17) is 4.74 Å². The summed E-state index contributed by atoms with van der Waals surface area (Å²) >= 11 is 0. The molecule has 6 heteroatoms. The van der Waals surface area contributed by atoms with Crippen molar-refractivity contribution < 1.29 is 4.74 Å². The second-order valence-corrected chi connectivity index (χ2v) is 5.48. The van der Waals surface area contributed by atoms with E-state index in [1.807, 2.05) is 56.8 Å². The van der Waals surface area contributed by atoms with Crippen molar-refractivity contribution >= 4 is 22.5 Å². The molecule has 0 amide bonds. The second-order valence-electron chi connectivity index (χ2n) is 5.48. The summed E-state index contributed by atoms with van der Waals surface area (Å²) in [5, 5.41) is 3.32. The SMILES string of the molecule is Cc1ccc(Nc2ncnc3ccn(C)c23)c(OC(C)C)n1. The van der Waals surface area contributed by atoms with E-state index in [2.05, 4.69) is 20.3 Å². The van der Waals surface area contributed by atoms with Crippen molar-refractivity contribution in [1.29, 1.82) is 0 Å². The number of fused-ring (bicyclic) bond motifs is 1. The number of hydrogen-bond acceptors (Lipinski definition) is 5. The molecule has 0 spiro atoms. The summed E-state index contributed by atoms with van der Waals surface area (Å²) in [6.07, 6.45) is 3.56. The Kier molecular flexibility index (Phi) is 3.66. The van der Waals surface area contributed by atoms with Gasteiger partial charge in [-0.1, -0.05) is 0 Å². The van der Waals surface area contributed by atoms with Crippen molar-refractivity contribution in [2.75, 3.05) is 5.32 Å². The van der Waals surface area contributed by atoms with Gasteiger partial charge in [-0.2, -0.15) is 0 Å². The summed E-state index contributed by atoms with van der Waals surface area (Å²) in [5.41, 5.74) is 3.54. The molecule has 0 unspecified atom stereocenters. The largest absolute Gasteiger partial charge is 0.473 e. The molecule has 0 aliphatic carbocycles. The minimum Gasteiger partial charge on any atom is -0.473 e. The lowest BCUT2D eigenvalue weighted by Crippen LogP contribution is -2.10. The standard InChI is InChI=1S/C16H19N5O/c1-10(2)22-16-13(6-5-11(3)19-16)20-15-14-12(17-9-18-15)7-8-21(14)4/h5-10H,1-4H3,(H,17,18,20). The number of aryl methyl sites for hydroxylation is 2. The molecule has 3 aromatic rings. The van der Waals surface area contributed by atoms with Gasteiger partial charge in [0.1, 0.15) is 17.5 Å². The maximum absolute atomic E-state index is 5.80. The Hall–Kier alpha value is -2.63. The third kappa shape index (κ3) is 2.72. The van der Waals surface area contributed by atoms with Gasteiger partial charge in [0.2, 0.25) is 5.88 Å². The van der Waals surface area contributed by atoms with Crippen LogP contribution in [0.2, 0.25) is 0 Å². The highest BCUT2D eigenvalue weighted by Crippen LogP contribution is 2.29. The van der Waals surface area contributed by atoms with Crippen LogP contribution in [0.15, 0.2) is 30.7 Å². The highest BCUT2D eigenvalue weighted by molar-refractivity contribution is 5.88. The fraction of sp³-hybridized carbons (Fsp3) is 0.312. The molecular formula is C16H19N5O. The average molecular weight is 297 g/mol. The number of nitrogens with zero attached hydrogens (tertiary/aromatic N) is 4. The molecule has 3 aromatic heterocycles. The fourth-order valence-corrected chi connectivity index (χ4v) is 2.28. The highest BCUT2D eigenvalue weighted by Gasteiger charge is 2.12. The summed E-state index contributed by atoms with van der Waals surface area (Å²) in [5.74, 6) is 1.31. The van der Waals surface area contributed by atoms with E-state index in [1.165, 1.54) is 0 Å². The number of nitrogens with one attached hydrogen (secondary N) is 1. The predicted octanol–water partition coefficient (Wildman–Crippen LogP) is 3.20. The molecule has 6 nitrogen and oxygen atoms in total. The van der Waals surface area contributed by atoms with Gasteiger partial charge in [0, 0.05) is 18.9 Å². The zero-order valence-electron chi connectivity index (χ0n) is 13.2. The van der Waals surface area contributed by atoms with Crippen LogP contribution in [0, 0.1) is 6.92 Å². The maximum atomic E-state index is 5.80. The summed E-state index contributed by atoms with van der Waals surface area (Å²) in [6, 6.07) is 5.86. The Morgan fingerprint density at radius 1 is 1.18 bits per heavy atom. The van der Waals surface area contributed by atoms with Crippen LogP contribution in [0.4, 0.5) is 11.5 Å². The van der Waals surface area contributed by atoms with Gasteiger partial charge >= 0.3 is 0 Å². The maximum Gasteiger partial charge on any atom is 0.238 e. The van der Waals surface area contributed by atoms with Gasteiger partial charge in [-0.25, -0.2) is 15.0 Å². The lowest BCUT2D eigenvalue weighted by molar-refractivity contribution is 0.233. The van der Waals surface area contributed by atoms with Gasteiger partial charge in [-0.05, 0) is 39.0 Å². The molecule has 0 saturated heterocycles. The van der Waals surface area contributed by atoms with E-state index in [-0.39, 0.29) is 6.10 Å². The number of hydrogen-bond donors (Lipinski definition) is 1. The van der Waals surface area contributed by atoms with Crippen LogP contribution < -0.4 is 10.1 Å². The minimum atomic E-state index is 0.0512. The van der Waals surface area contributed by atoms with Crippen molar-refractivity contribution in [3.05, 3.63) is 36.4 Å². The quantitative estimate of drug-likeness (QED) is 0.801. The van der Waals surface area contributed by atoms with Crippen molar-refractivity contribution in [2.24, 2.45) is 7.05 Å². The number of pyridine rings is 1. The van der Waals surface area contributed by atoms with Gasteiger partial charge in [-0.3, -0.25) is 0 Å². The first-order valence-corrected chi connectivity index (χ1v) is 7.22. The van der Waals surface area contributed by atoms with Crippen molar-refractivity contribution in [3.63, 3.8) is 0 Å². The fourth-order valence-electron chi connectivity index (χ4n) is 2.28. The first kappa shape index (κ1) is 14.3. The molecule has 0 saturated carbocycles. The van der Waals surface area contributed by atoms with E-state index >= 15 is 0 Å². The Bertz CT molecular complexity index is 809. The van der Waals surface area contributed by atoms with E-state index in [1.54, 1.807) is 6.33 Å². The Labute approximate surface area is 129 Å². The van der Waals surface area contributed by atoms with E-state index in [0.29, 0.717) is 5.88 Å². The molecule has 0 bridgehead atoms. The average Bonchev–Trinajstić information content (AvgIpc) is 2.84. The molecule has 0 radical (unpaired) electrons. The number of aromatic nitrogens is 4. The third-order valence-electron chi connectivity index (χ3n) is 3.26. The lowest BCUT2D eigenvalue weighted by Gasteiger charge is -2.15. The van der Waals surface area contributed by atoms with E-state index < -0.39 is 0 Å². The van der Waals surface area contributed by atoms with Crippen molar-refractivity contribution in [3.8, 4) is 5.88 Å². The molecule has 0 fully saturated rings. The molecular weight excluding hydrogens is 278 g/mol. The molecule has 114 valence electrons. The predicted molar refractivity (Wildman–Crippen MR) is 86.5 cm³/mol. The van der Waals surface area contributed by atoms with Crippen LogP contribution in [-0.2, 0) is 7.05 Å². The van der Waals surface area contributed by atoms with Crippen LogP contribution in [-0.4, -0.2) is 25.6 Å². The molecule has 0 aliphatic rings. The van der Waals surface area contributed by atoms with Gasteiger partial charge in [0.05, 0.1) is 11.6 Å². The van der Waals surface area contributed by atoms with Gasteiger partial charge < -0.3 is 14.6 Å². The zero-order valence-corrected chi connectivity index (χ0v) is 13.2. The normalized spacial score (nSPS) is 11.1. The lowest BCUT2D eigenvalue weighted by atomic mass is 10.3. The number of ether oxygens (including phenoxy) is 1. The van der Waals surface area contributed by atoms with E-state index in [9.17, 15) is 0 Å². The number of anilines is 2. The van der Waals surface area contributed by atoms with Gasteiger partial charge in [0.15, 0.2) is 5.82 Å². The molecule has 0 aromatic carbocycles. The monoisotopic (exact) mass is 297 g/mol. The molecule has 3 heterocycles. The topological polar surface area (TPSA) is 64.9 Å². The first-order valence-electron chi connectivity index (χ1n) is 7.22. The third-order valence-corrected chi connectivity index (χ3v) is 3.26. The van der Waals surface area contributed by atoms with Crippen LogP contribution in [0.25, 0.3) is 11.0 Å². The molecule has 22 heavy (non-hydrogen) atoms. The molecule has 0 atom stereocenters. The Morgan fingerprint density at radius 3 is 2.77 bits per heavy atom. The summed E-state index contributed by atoms with van der Waals surface area (Å²) < 4.78 is 7.79. The van der Waals surface area contributed by atoms with Gasteiger partial charge in [0.25, 0.3) is 0 Å². The molecule has 3 rings (SSSR count).